The van der Waals surface area contributed by atoms with Gasteiger partial charge in [0.1, 0.15) is 5.82 Å². The van der Waals surface area contributed by atoms with Gasteiger partial charge in [0.2, 0.25) is 15.9 Å². The van der Waals surface area contributed by atoms with Gasteiger partial charge in [-0.3, -0.25) is 4.79 Å². The van der Waals surface area contributed by atoms with Crippen molar-refractivity contribution in [1.29, 1.82) is 5.26 Å². The van der Waals surface area contributed by atoms with E-state index in [9.17, 15) is 39.2 Å². The van der Waals surface area contributed by atoms with E-state index in [-0.39, 0.29) is 3.71 Å². The average Bonchev–Trinajstić information content (AvgIpc) is 2.70. The first-order valence-electron chi connectivity index (χ1n) is 8.58. The Balaban J connectivity index is 2.61. The standard InChI is InChI=1S/C18H15F4N3O5S2/c19-14-3-5-15(6-4-14)32(29,30)25(31(27,28)8-7-17(24)26)11-12-1-2-13(10-23)16(9-12)18(20,21)22/h1-6,9H,7-8,11H2,(H2,24,26). The van der Waals surface area contributed by atoms with Crippen molar-refractivity contribution < 1.29 is 39.2 Å². The third kappa shape index (κ3) is 5.81. The van der Waals surface area contributed by atoms with E-state index in [1.165, 1.54) is 6.07 Å². The van der Waals surface area contributed by atoms with Crippen LogP contribution >= 0.6 is 0 Å². The Morgan fingerprint density at radius 2 is 1.66 bits per heavy atom. The molecule has 0 spiro atoms. The van der Waals surface area contributed by atoms with Crippen molar-refractivity contribution in [2.45, 2.75) is 24.0 Å². The Labute approximate surface area is 181 Å². The maximum atomic E-state index is 13.2. The highest BCUT2D eigenvalue weighted by Gasteiger charge is 2.37. The smallest absolute Gasteiger partial charge is 0.370 e. The first-order valence-corrected chi connectivity index (χ1v) is 11.6. The molecule has 0 radical (unpaired) electrons. The van der Waals surface area contributed by atoms with E-state index >= 15 is 0 Å². The van der Waals surface area contributed by atoms with Crippen molar-refractivity contribution in [3.63, 3.8) is 0 Å². The summed E-state index contributed by atoms with van der Waals surface area (Å²) in [5.41, 5.74) is 2.39. The molecule has 0 aliphatic rings. The predicted molar refractivity (Wildman–Crippen MR) is 103 cm³/mol. The van der Waals surface area contributed by atoms with Gasteiger partial charge >= 0.3 is 6.18 Å². The number of primary amides is 1. The van der Waals surface area contributed by atoms with Crippen LogP contribution in [0.5, 0.6) is 0 Å². The van der Waals surface area contributed by atoms with E-state index in [4.69, 9.17) is 11.0 Å². The minimum Gasteiger partial charge on any atom is -0.370 e. The molecule has 0 bridgehead atoms. The largest absolute Gasteiger partial charge is 0.417 e. The third-order valence-electron chi connectivity index (χ3n) is 4.12. The van der Waals surface area contributed by atoms with Crippen LogP contribution in [-0.4, -0.2) is 32.2 Å². The monoisotopic (exact) mass is 493 g/mol. The second kappa shape index (κ2) is 9.23. The van der Waals surface area contributed by atoms with Crippen molar-refractivity contribution in [2.24, 2.45) is 5.73 Å². The first kappa shape index (κ1) is 25.2. The number of carbonyl (C=O) groups excluding carboxylic acids is 1. The van der Waals surface area contributed by atoms with Crippen molar-refractivity contribution >= 4 is 26.0 Å². The molecule has 172 valence electrons. The molecule has 8 nitrogen and oxygen atoms in total. The Kier molecular flexibility index (Phi) is 7.28. The van der Waals surface area contributed by atoms with Gasteiger partial charge in [-0.05, 0) is 42.0 Å². The zero-order valence-electron chi connectivity index (χ0n) is 16.0. The van der Waals surface area contributed by atoms with Crippen LogP contribution in [0.4, 0.5) is 17.6 Å². The number of sulfonamides is 2. The van der Waals surface area contributed by atoms with Gasteiger partial charge in [0.15, 0.2) is 0 Å². The quantitative estimate of drug-likeness (QED) is 0.559. The van der Waals surface area contributed by atoms with Crippen LogP contribution in [0.3, 0.4) is 0 Å². The van der Waals surface area contributed by atoms with E-state index in [0.717, 1.165) is 36.4 Å². The molecule has 0 aliphatic carbocycles. The number of carbonyl (C=O) groups is 1. The highest BCUT2D eigenvalue weighted by molar-refractivity contribution is 8.04. The van der Waals surface area contributed by atoms with Gasteiger partial charge in [0.05, 0.1) is 34.4 Å². The zero-order chi connectivity index (χ0) is 24.3. The maximum absolute atomic E-state index is 13.2. The second-order valence-electron chi connectivity index (χ2n) is 6.41. The molecule has 2 aromatic carbocycles. The molecule has 14 heteroatoms. The van der Waals surface area contributed by atoms with Crippen molar-refractivity contribution in [3.05, 3.63) is 65.0 Å². The summed E-state index contributed by atoms with van der Waals surface area (Å²) in [5.74, 6) is -2.90. The molecule has 0 fully saturated rings. The van der Waals surface area contributed by atoms with Crippen LogP contribution in [0.25, 0.3) is 0 Å². The summed E-state index contributed by atoms with van der Waals surface area (Å²) in [6.45, 7) is -1.07. The topological polar surface area (TPSA) is 138 Å². The lowest BCUT2D eigenvalue weighted by Crippen LogP contribution is -2.38. The number of halogens is 4. The lowest BCUT2D eigenvalue weighted by atomic mass is 10.0. The van der Waals surface area contributed by atoms with Gasteiger partial charge in [-0.1, -0.05) is 9.78 Å². The number of amides is 1. The minimum atomic E-state index is -4.97. The fourth-order valence-electron chi connectivity index (χ4n) is 2.56. The molecule has 0 aliphatic heterocycles. The summed E-state index contributed by atoms with van der Waals surface area (Å²) in [5, 5.41) is 8.88. The van der Waals surface area contributed by atoms with Crippen LogP contribution in [0.15, 0.2) is 47.4 Å². The van der Waals surface area contributed by atoms with Crippen LogP contribution in [-0.2, 0) is 37.6 Å². The van der Waals surface area contributed by atoms with Crippen molar-refractivity contribution in [3.8, 4) is 6.07 Å². The number of rotatable bonds is 8. The van der Waals surface area contributed by atoms with Crippen LogP contribution in [0.2, 0.25) is 0 Å². The molecule has 0 saturated heterocycles. The Hall–Kier alpha value is -3.02. The number of hydrogen-bond acceptors (Lipinski definition) is 6. The third-order valence-corrected chi connectivity index (χ3v) is 8.39. The Morgan fingerprint density at radius 3 is 2.16 bits per heavy atom. The van der Waals surface area contributed by atoms with Crippen molar-refractivity contribution in [1.82, 2.24) is 3.71 Å². The van der Waals surface area contributed by atoms with Gasteiger partial charge in [0.25, 0.3) is 10.0 Å². The molecule has 2 N–H and O–H groups in total. The van der Waals surface area contributed by atoms with Gasteiger partial charge in [0, 0.05) is 6.42 Å². The number of nitrogens with two attached hydrogens (primary N) is 1. The van der Waals surface area contributed by atoms with E-state index < -0.39 is 78.3 Å². The van der Waals surface area contributed by atoms with Crippen LogP contribution < -0.4 is 5.73 Å². The molecular weight excluding hydrogens is 478 g/mol. The normalized spacial score (nSPS) is 12.5. The summed E-state index contributed by atoms with van der Waals surface area (Å²) in [4.78, 5) is 10.4. The maximum Gasteiger partial charge on any atom is 0.417 e. The minimum absolute atomic E-state index is 0.0856. The molecule has 0 aromatic heterocycles. The van der Waals surface area contributed by atoms with E-state index in [2.05, 4.69) is 0 Å². The molecule has 0 atom stereocenters. The SMILES string of the molecule is N#Cc1ccc(CN(S(=O)(=O)CCC(N)=O)S(=O)(=O)c2ccc(F)cc2)cc1C(F)(F)F. The number of alkyl halides is 3. The Morgan fingerprint density at radius 1 is 1.06 bits per heavy atom. The summed E-state index contributed by atoms with van der Waals surface area (Å²) < 4.78 is 104. The fourth-order valence-corrected chi connectivity index (χ4v) is 6.28. The van der Waals surface area contributed by atoms with Crippen LogP contribution in [0.1, 0.15) is 23.1 Å². The highest BCUT2D eigenvalue weighted by Crippen LogP contribution is 2.33. The van der Waals surface area contributed by atoms with Gasteiger partial charge in [-0.15, -0.1) is 0 Å². The van der Waals surface area contributed by atoms with Crippen LogP contribution in [0, 0.1) is 17.1 Å². The number of hydrogen-bond donors (Lipinski definition) is 1. The van der Waals surface area contributed by atoms with E-state index in [1.807, 2.05) is 0 Å². The number of benzene rings is 2. The van der Waals surface area contributed by atoms with E-state index in [1.54, 1.807) is 0 Å². The second-order valence-corrected chi connectivity index (χ2v) is 10.5. The summed E-state index contributed by atoms with van der Waals surface area (Å²) in [6.07, 6.45) is -5.72. The predicted octanol–water partition coefficient (Wildman–Crippen LogP) is 2.11. The molecule has 0 heterocycles. The van der Waals surface area contributed by atoms with Crippen molar-refractivity contribution in [2.75, 3.05) is 5.75 Å². The molecule has 0 unspecified atom stereocenters. The summed E-state index contributed by atoms with van der Waals surface area (Å²) in [6, 6.07) is 6.61. The zero-order valence-corrected chi connectivity index (χ0v) is 17.6. The molecule has 1 amide bonds. The molecule has 2 aromatic rings. The molecule has 32 heavy (non-hydrogen) atoms. The van der Waals surface area contributed by atoms with Gasteiger partial charge < -0.3 is 5.73 Å². The number of nitrogens with zero attached hydrogens (tertiary/aromatic N) is 2. The Bertz CT molecular complexity index is 1270. The molecule has 0 saturated carbocycles. The molecule has 2 rings (SSSR count). The highest BCUT2D eigenvalue weighted by atomic mass is 32.3. The van der Waals surface area contributed by atoms with Gasteiger partial charge in [-0.2, -0.15) is 18.4 Å². The lowest BCUT2D eigenvalue weighted by Gasteiger charge is -2.22. The summed E-state index contributed by atoms with van der Waals surface area (Å²) in [7, 11) is -9.70. The summed E-state index contributed by atoms with van der Waals surface area (Å²) >= 11 is 0. The average molecular weight is 493 g/mol. The van der Waals surface area contributed by atoms with Gasteiger partial charge in [-0.25, -0.2) is 21.2 Å². The fraction of sp³-hybridized carbons (Fsp3) is 0.222. The molecular formula is C18H15F4N3O5S2. The van der Waals surface area contributed by atoms with E-state index in [0.29, 0.717) is 6.07 Å². The number of nitriles is 1. The first-order chi connectivity index (χ1) is 14.7. The lowest BCUT2D eigenvalue weighted by molar-refractivity contribution is -0.137.